The monoisotopic (exact) mass is 208 g/mol. The molecule has 5 heteroatoms. The van der Waals surface area contributed by atoms with Crippen molar-refractivity contribution in [3.63, 3.8) is 0 Å². The number of nitrogens with zero attached hydrogens (tertiary/aromatic N) is 2. The summed E-state index contributed by atoms with van der Waals surface area (Å²) in [7, 11) is 0. The molecule has 0 saturated carbocycles. The van der Waals surface area contributed by atoms with E-state index in [0.29, 0.717) is 0 Å². The van der Waals surface area contributed by atoms with Crippen LogP contribution in [0.15, 0.2) is 30.6 Å². The molecule has 0 spiro atoms. The van der Waals surface area contributed by atoms with Crippen molar-refractivity contribution >= 4 is 28.2 Å². The number of hydrogen-bond donors (Lipinski definition) is 2. The second-order valence-corrected chi connectivity index (χ2v) is 3.23. The van der Waals surface area contributed by atoms with Crippen molar-refractivity contribution < 1.29 is 10.2 Å². The molecule has 0 bridgehead atoms. The van der Waals surface area contributed by atoms with E-state index in [1.54, 1.807) is 0 Å². The van der Waals surface area contributed by atoms with Crippen LogP contribution >= 0.6 is 12.2 Å². The maximum Gasteiger partial charge on any atom is 0.205 e. The molecule has 2 N–H and O–H groups in total. The first-order chi connectivity index (χ1) is 6.70. The zero-order valence-corrected chi connectivity index (χ0v) is 7.98. The van der Waals surface area contributed by atoms with Gasteiger partial charge in [0.05, 0.1) is 11.0 Å². The summed E-state index contributed by atoms with van der Waals surface area (Å²) >= 11 is 4.85. The van der Waals surface area contributed by atoms with Crippen molar-refractivity contribution in [3.8, 4) is 0 Å². The van der Waals surface area contributed by atoms with Crippen molar-refractivity contribution in [2.75, 3.05) is 0 Å². The predicted octanol–water partition coefficient (Wildman–Crippen LogP) is 0.522. The molecule has 1 aromatic heterocycles. The highest BCUT2D eigenvalue weighted by molar-refractivity contribution is 7.80. The van der Waals surface area contributed by atoms with E-state index < -0.39 is 6.29 Å². The average Bonchev–Trinajstić information content (AvgIpc) is 2.60. The first-order valence-corrected chi connectivity index (χ1v) is 4.43. The molecule has 2 rings (SSSR count). The zero-order chi connectivity index (χ0) is 10.1. The Kier molecular flexibility index (Phi) is 2.28. The predicted molar refractivity (Wildman–Crippen MR) is 56.0 cm³/mol. The molecule has 0 aliphatic rings. The Bertz CT molecular complexity index is 478. The summed E-state index contributed by atoms with van der Waals surface area (Å²) in [5.41, 5.74) is 1.54. The molecule has 0 radical (unpaired) electrons. The van der Waals surface area contributed by atoms with Gasteiger partial charge in [0.15, 0.2) is 0 Å². The number of benzene rings is 1. The molecule has 72 valence electrons. The fourth-order valence-electron chi connectivity index (χ4n) is 1.26. The number of aromatic nitrogens is 2. The van der Waals surface area contributed by atoms with E-state index in [0.717, 1.165) is 11.0 Å². The van der Waals surface area contributed by atoms with Crippen LogP contribution in [0.1, 0.15) is 0 Å². The Balaban J connectivity index is 2.58. The second-order valence-electron chi connectivity index (χ2n) is 2.82. The van der Waals surface area contributed by atoms with Gasteiger partial charge < -0.3 is 10.2 Å². The van der Waals surface area contributed by atoms with Gasteiger partial charge in [0.2, 0.25) is 6.29 Å². The largest absolute Gasteiger partial charge is 0.363 e. The van der Waals surface area contributed by atoms with Crippen molar-refractivity contribution in [3.05, 3.63) is 30.6 Å². The Morgan fingerprint density at radius 1 is 1.36 bits per heavy atom. The van der Waals surface area contributed by atoms with Gasteiger partial charge in [0.25, 0.3) is 0 Å². The highest BCUT2D eigenvalue weighted by Gasteiger charge is 2.11. The third kappa shape index (κ3) is 1.41. The fourth-order valence-corrected chi connectivity index (χ4v) is 1.40. The van der Waals surface area contributed by atoms with Crippen molar-refractivity contribution in [1.29, 1.82) is 0 Å². The van der Waals surface area contributed by atoms with Crippen LogP contribution in [0.5, 0.6) is 0 Å². The molecule has 0 aliphatic heterocycles. The molecule has 14 heavy (non-hydrogen) atoms. The maximum absolute atomic E-state index is 8.92. The summed E-state index contributed by atoms with van der Waals surface area (Å²) in [5, 5.41) is 17.8. The number of aliphatic hydroxyl groups excluding tert-OH is 1. The first kappa shape index (κ1) is 9.26. The van der Waals surface area contributed by atoms with Gasteiger partial charge in [0.1, 0.15) is 11.3 Å². The number of thiocarbonyl (C=S) groups is 1. The van der Waals surface area contributed by atoms with E-state index in [4.69, 9.17) is 22.4 Å². The summed E-state index contributed by atoms with van der Waals surface area (Å²) in [4.78, 5) is 4.10. The van der Waals surface area contributed by atoms with Gasteiger partial charge in [-0.25, -0.2) is 4.98 Å². The van der Waals surface area contributed by atoms with Crippen LogP contribution in [0.4, 0.5) is 0 Å². The van der Waals surface area contributed by atoms with Crippen molar-refractivity contribution in [2.24, 2.45) is 0 Å². The minimum atomic E-state index is -1.64. The molecular weight excluding hydrogens is 200 g/mol. The first-order valence-electron chi connectivity index (χ1n) is 4.02. The maximum atomic E-state index is 8.92. The lowest BCUT2D eigenvalue weighted by molar-refractivity contribution is 0.0194. The smallest absolute Gasteiger partial charge is 0.205 e. The van der Waals surface area contributed by atoms with Gasteiger partial charge in [-0.05, 0) is 12.1 Å². The lowest BCUT2D eigenvalue weighted by atomic mass is 10.3. The number of para-hydroxylation sites is 2. The number of imidazole rings is 1. The SMILES string of the molecule is OC(O)C(=S)n1cnc2ccccc21. The minimum Gasteiger partial charge on any atom is -0.363 e. The molecule has 2 aromatic rings. The van der Waals surface area contributed by atoms with Crippen LogP contribution < -0.4 is 0 Å². The van der Waals surface area contributed by atoms with Crippen LogP contribution in [0.3, 0.4) is 0 Å². The van der Waals surface area contributed by atoms with E-state index in [2.05, 4.69) is 4.98 Å². The summed E-state index contributed by atoms with van der Waals surface area (Å²) in [5.74, 6) is 0. The molecule has 0 atom stereocenters. The number of aliphatic hydroxyl groups is 2. The normalized spacial score (nSPS) is 11.1. The van der Waals surface area contributed by atoms with Crippen molar-refractivity contribution in [1.82, 2.24) is 9.55 Å². The Hall–Kier alpha value is -1.30. The summed E-state index contributed by atoms with van der Waals surface area (Å²) < 4.78 is 1.48. The van der Waals surface area contributed by atoms with Gasteiger partial charge in [0, 0.05) is 0 Å². The lowest BCUT2D eigenvalue weighted by Gasteiger charge is -2.06. The van der Waals surface area contributed by atoms with Crippen LogP contribution in [0.25, 0.3) is 11.0 Å². The molecule has 0 fully saturated rings. The third-order valence-corrected chi connectivity index (χ3v) is 2.32. The van der Waals surface area contributed by atoms with E-state index in [-0.39, 0.29) is 4.99 Å². The molecule has 4 nitrogen and oxygen atoms in total. The quantitative estimate of drug-likeness (QED) is 0.530. The Morgan fingerprint density at radius 2 is 2.07 bits per heavy atom. The summed E-state index contributed by atoms with van der Waals surface area (Å²) in [6.07, 6.45) is -0.158. The second kappa shape index (κ2) is 3.45. The zero-order valence-electron chi connectivity index (χ0n) is 7.16. The van der Waals surface area contributed by atoms with Gasteiger partial charge in [-0.2, -0.15) is 0 Å². The minimum absolute atomic E-state index is 0.0266. The molecule has 1 aromatic carbocycles. The van der Waals surface area contributed by atoms with Gasteiger partial charge in [-0.3, -0.25) is 4.57 Å². The molecule has 1 heterocycles. The summed E-state index contributed by atoms with van der Waals surface area (Å²) in [6, 6.07) is 7.35. The Morgan fingerprint density at radius 3 is 2.79 bits per heavy atom. The molecule has 0 unspecified atom stereocenters. The van der Waals surface area contributed by atoms with E-state index in [9.17, 15) is 0 Å². The van der Waals surface area contributed by atoms with Crippen LogP contribution in [-0.2, 0) is 0 Å². The van der Waals surface area contributed by atoms with E-state index in [1.165, 1.54) is 10.9 Å². The molecule has 0 saturated heterocycles. The Labute approximate surface area is 85.4 Å². The highest BCUT2D eigenvalue weighted by atomic mass is 32.1. The van der Waals surface area contributed by atoms with Crippen LogP contribution in [0, 0.1) is 0 Å². The van der Waals surface area contributed by atoms with Crippen molar-refractivity contribution in [2.45, 2.75) is 6.29 Å². The fraction of sp³-hybridized carbons (Fsp3) is 0.111. The van der Waals surface area contributed by atoms with Crippen LogP contribution in [0.2, 0.25) is 0 Å². The standard InChI is InChI=1S/C9H8N2O2S/c12-9(13)8(14)11-5-10-6-3-1-2-4-7(6)11/h1-5,9,12-13H. The van der Waals surface area contributed by atoms with E-state index in [1.807, 2.05) is 24.3 Å². The van der Waals surface area contributed by atoms with Crippen LogP contribution in [-0.4, -0.2) is 31.0 Å². The molecular formula is C9H8N2O2S. The van der Waals surface area contributed by atoms with E-state index >= 15 is 0 Å². The molecule has 0 aliphatic carbocycles. The number of rotatable bonds is 1. The summed E-state index contributed by atoms with van der Waals surface area (Å²) in [6.45, 7) is 0. The highest BCUT2D eigenvalue weighted by Crippen LogP contribution is 2.12. The average molecular weight is 208 g/mol. The third-order valence-electron chi connectivity index (χ3n) is 1.91. The number of hydrogen-bond acceptors (Lipinski definition) is 4. The van der Waals surface area contributed by atoms with Gasteiger partial charge in [-0.1, -0.05) is 24.4 Å². The van der Waals surface area contributed by atoms with Gasteiger partial charge >= 0.3 is 0 Å². The van der Waals surface area contributed by atoms with Gasteiger partial charge in [-0.15, -0.1) is 0 Å². The lowest BCUT2D eigenvalue weighted by Crippen LogP contribution is -2.24. The number of fused-ring (bicyclic) bond motifs is 1. The molecule has 0 amide bonds. The topological polar surface area (TPSA) is 58.3 Å².